The lowest BCUT2D eigenvalue weighted by molar-refractivity contribution is -0.352. The largest absolute Gasteiger partial charge is 0.522 e. The number of nitrogens with two attached hydrogens (primary N) is 1. The average molecular weight is 309 g/mol. The normalized spacial score (nSPS) is 33.7. The highest BCUT2D eigenvalue weighted by Crippen LogP contribution is 2.41. The van der Waals surface area contributed by atoms with Crippen LogP contribution in [-0.2, 0) is 14.2 Å². The van der Waals surface area contributed by atoms with Crippen LogP contribution in [0.25, 0.3) is 0 Å². The summed E-state index contributed by atoms with van der Waals surface area (Å²) in [6.07, 6.45) is -5.85. The first-order valence-electron chi connectivity index (χ1n) is 6.47. The van der Waals surface area contributed by atoms with Crippen molar-refractivity contribution in [2.45, 2.75) is 43.6 Å². The number of rotatable bonds is 3. The zero-order valence-electron chi connectivity index (χ0n) is 10.9. The summed E-state index contributed by atoms with van der Waals surface area (Å²) in [5.41, 5.74) is 5.60. The number of hydrogen-bond acceptors (Lipinski definition) is 7. The third-order valence-electron chi connectivity index (χ3n) is 3.33. The van der Waals surface area contributed by atoms with Crippen LogP contribution < -0.4 is 5.73 Å². The molecule has 118 valence electrons. The predicted molar refractivity (Wildman–Crippen MR) is 59.8 cm³/mol. The Morgan fingerprint density at radius 1 is 1.10 bits per heavy atom. The molecule has 0 radical (unpaired) electrons. The van der Waals surface area contributed by atoms with Crippen LogP contribution in [0, 0.1) is 0 Å². The monoisotopic (exact) mass is 309 g/mol. The van der Waals surface area contributed by atoms with E-state index < -0.39 is 18.8 Å². The van der Waals surface area contributed by atoms with Crippen LogP contribution in [0.3, 0.4) is 0 Å². The number of nitrogens with zero attached hydrogens (tertiary/aromatic N) is 2. The van der Waals surface area contributed by atoms with E-state index in [4.69, 9.17) is 19.6 Å². The van der Waals surface area contributed by atoms with Crippen LogP contribution in [-0.4, -0.2) is 41.9 Å². The second kappa shape index (κ2) is 5.52. The molecule has 10 heteroatoms. The average Bonchev–Trinajstić information content (AvgIpc) is 2.82. The number of ether oxygens (including phenoxy) is 3. The molecule has 0 atom stereocenters. The van der Waals surface area contributed by atoms with Gasteiger partial charge < -0.3 is 19.6 Å². The van der Waals surface area contributed by atoms with Crippen molar-refractivity contribution in [1.29, 1.82) is 0 Å². The van der Waals surface area contributed by atoms with Crippen LogP contribution in [0.1, 0.15) is 36.8 Å². The highest BCUT2D eigenvalue weighted by Gasteiger charge is 2.42. The Morgan fingerprint density at radius 3 is 2.33 bits per heavy atom. The van der Waals surface area contributed by atoms with Gasteiger partial charge in [0.25, 0.3) is 5.89 Å². The molecule has 1 aromatic rings. The SMILES string of the molecule is N[C@H]1CO[C@H](c2nnc([C@H]3C[C@@H](OC(F)(F)F)C3)o2)OC1. The molecule has 0 bridgehead atoms. The minimum absolute atomic E-state index is 0.150. The van der Waals surface area contributed by atoms with E-state index in [-0.39, 0.29) is 36.6 Å². The Balaban J connectivity index is 1.52. The Labute approximate surface area is 117 Å². The maximum absolute atomic E-state index is 12.0. The van der Waals surface area contributed by atoms with Gasteiger partial charge in [0.15, 0.2) is 0 Å². The van der Waals surface area contributed by atoms with Crippen LogP contribution >= 0.6 is 0 Å². The van der Waals surface area contributed by atoms with Gasteiger partial charge in [-0.15, -0.1) is 23.4 Å². The topological polar surface area (TPSA) is 92.6 Å². The second-order valence-electron chi connectivity index (χ2n) is 5.09. The van der Waals surface area contributed by atoms with Gasteiger partial charge in [0.05, 0.1) is 25.4 Å². The molecule has 1 saturated carbocycles. The van der Waals surface area contributed by atoms with E-state index >= 15 is 0 Å². The second-order valence-corrected chi connectivity index (χ2v) is 5.09. The molecule has 1 aromatic heterocycles. The van der Waals surface area contributed by atoms with Gasteiger partial charge in [0, 0.05) is 5.92 Å². The van der Waals surface area contributed by atoms with E-state index in [9.17, 15) is 13.2 Å². The van der Waals surface area contributed by atoms with E-state index in [0.717, 1.165) is 0 Å². The molecule has 0 aromatic carbocycles. The van der Waals surface area contributed by atoms with Crippen molar-refractivity contribution < 1.29 is 31.8 Å². The number of aromatic nitrogens is 2. The summed E-state index contributed by atoms with van der Waals surface area (Å²) in [5, 5.41) is 7.62. The Morgan fingerprint density at radius 2 is 1.71 bits per heavy atom. The Bertz CT molecular complexity index is 481. The molecule has 7 nitrogen and oxygen atoms in total. The van der Waals surface area contributed by atoms with Crippen molar-refractivity contribution in [2.75, 3.05) is 13.2 Å². The first kappa shape index (κ1) is 14.7. The minimum atomic E-state index is -4.61. The molecule has 2 aliphatic rings. The maximum atomic E-state index is 12.0. The van der Waals surface area contributed by atoms with E-state index in [1.165, 1.54) is 0 Å². The highest BCUT2D eigenvalue weighted by molar-refractivity contribution is 5.01. The van der Waals surface area contributed by atoms with Crippen molar-refractivity contribution in [2.24, 2.45) is 5.73 Å². The van der Waals surface area contributed by atoms with E-state index in [0.29, 0.717) is 13.2 Å². The highest BCUT2D eigenvalue weighted by atomic mass is 19.4. The Kier molecular flexibility index (Phi) is 3.86. The summed E-state index contributed by atoms with van der Waals surface area (Å²) in [5.74, 6) is 0.190. The lowest BCUT2D eigenvalue weighted by Crippen LogP contribution is -2.38. The molecular weight excluding hydrogens is 295 g/mol. The molecular formula is C11H14F3N3O4. The summed E-state index contributed by atoms with van der Waals surface area (Å²) in [6, 6.07) is -0.199. The summed E-state index contributed by atoms with van der Waals surface area (Å²) < 4.78 is 55.9. The van der Waals surface area contributed by atoms with Crippen molar-refractivity contribution in [3.8, 4) is 0 Å². The van der Waals surface area contributed by atoms with Crippen molar-refractivity contribution in [3.63, 3.8) is 0 Å². The number of hydrogen-bond donors (Lipinski definition) is 1. The molecule has 1 saturated heterocycles. The molecule has 0 amide bonds. The quantitative estimate of drug-likeness (QED) is 0.897. The molecule has 2 N–H and O–H groups in total. The van der Waals surface area contributed by atoms with Gasteiger partial charge >= 0.3 is 6.36 Å². The van der Waals surface area contributed by atoms with Gasteiger partial charge in [-0.25, -0.2) is 0 Å². The molecule has 0 unspecified atom stereocenters. The van der Waals surface area contributed by atoms with Crippen molar-refractivity contribution in [3.05, 3.63) is 11.8 Å². The molecule has 1 aliphatic heterocycles. The van der Waals surface area contributed by atoms with Gasteiger partial charge in [0.1, 0.15) is 0 Å². The molecule has 21 heavy (non-hydrogen) atoms. The molecule has 2 heterocycles. The van der Waals surface area contributed by atoms with Gasteiger partial charge in [0.2, 0.25) is 12.2 Å². The summed E-state index contributed by atoms with van der Waals surface area (Å²) in [7, 11) is 0. The molecule has 1 aliphatic carbocycles. The van der Waals surface area contributed by atoms with Crippen molar-refractivity contribution in [1.82, 2.24) is 10.2 Å². The molecule has 3 rings (SSSR count). The number of alkyl halides is 3. The van der Waals surface area contributed by atoms with Crippen LogP contribution in [0.2, 0.25) is 0 Å². The summed E-state index contributed by atoms with van der Waals surface area (Å²) >= 11 is 0. The number of halogens is 3. The fraction of sp³-hybridized carbons (Fsp3) is 0.818. The van der Waals surface area contributed by atoms with Crippen LogP contribution in [0.4, 0.5) is 13.2 Å². The lowest BCUT2D eigenvalue weighted by atomic mass is 9.82. The zero-order valence-corrected chi connectivity index (χ0v) is 10.9. The first-order chi connectivity index (χ1) is 9.90. The first-order valence-corrected chi connectivity index (χ1v) is 6.47. The van der Waals surface area contributed by atoms with Gasteiger partial charge in [-0.05, 0) is 12.8 Å². The van der Waals surface area contributed by atoms with Gasteiger partial charge in [-0.3, -0.25) is 4.74 Å². The minimum Gasteiger partial charge on any atom is -0.420 e. The predicted octanol–water partition coefficient (Wildman–Crippen LogP) is 1.22. The summed E-state index contributed by atoms with van der Waals surface area (Å²) in [4.78, 5) is 0. The van der Waals surface area contributed by atoms with Crippen LogP contribution in [0.15, 0.2) is 4.42 Å². The zero-order chi connectivity index (χ0) is 15.0. The Hall–Kier alpha value is -1.23. The third kappa shape index (κ3) is 3.51. The van der Waals surface area contributed by atoms with E-state index in [1.807, 2.05) is 0 Å². The molecule has 0 spiro atoms. The van der Waals surface area contributed by atoms with Gasteiger partial charge in [-0.2, -0.15) is 0 Å². The molecule has 2 fully saturated rings. The van der Waals surface area contributed by atoms with Crippen LogP contribution in [0.5, 0.6) is 0 Å². The van der Waals surface area contributed by atoms with E-state index in [1.54, 1.807) is 0 Å². The fourth-order valence-corrected chi connectivity index (χ4v) is 2.22. The smallest absolute Gasteiger partial charge is 0.420 e. The van der Waals surface area contributed by atoms with Crippen molar-refractivity contribution >= 4 is 0 Å². The maximum Gasteiger partial charge on any atom is 0.522 e. The third-order valence-corrected chi connectivity index (χ3v) is 3.33. The standard InChI is InChI=1S/C11H14F3N3O4/c12-11(13,14)21-7-1-5(2-7)8-16-17-9(20-8)10-18-3-6(15)4-19-10/h5-7,10H,1-4,15H2/t5-,6-,7+,10-. The lowest BCUT2D eigenvalue weighted by Gasteiger charge is -2.32. The van der Waals surface area contributed by atoms with E-state index in [2.05, 4.69) is 14.9 Å². The fourth-order valence-electron chi connectivity index (χ4n) is 2.22. The summed E-state index contributed by atoms with van der Waals surface area (Å²) in [6.45, 7) is 0.626. The van der Waals surface area contributed by atoms with Gasteiger partial charge in [-0.1, -0.05) is 0 Å².